The summed E-state index contributed by atoms with van der Waals surface area (Å²) in [5.41, 5.74) is 1.15. The van der Waals surface area contributed by atoms with Gasteiger partial charge in [-0.1, -0.05) is 55.5 Å². The van der Waals surface area contributed by atoms with Crippen LogP contribution in [0.4, 0.5) is 9.52 Å². The summed E-state index contributed by atoms with van der Waals surface area (Å²) in [7, 11) is 0. The van der Waals surface area contributed by atoms with Crippen LogP contribution in [-0.2, 0) is 4.79 Å². The lowest BCUT2D eigenvalue weighted by Crippen LogP contribution is -2.12. The predicted molar refractivity (Wildman–Crippen MR) is 143 cm³/mol. The van der Waals surface area contributed by atoms with Gasteiger partial charge in [0.1, 0.15) is 0 Å². The number of thiazole rings is 1. The van der Waals surface area contributed by atoms with Crippen molar-refractivity contribution in [2.75, 3.05) is 11.9 Å². The van der Waals surface area contributed by atoms with E-state index in [0.717, 1.165) is 37.0 Å². The first-order valence-corrected chi connectivity index (χ1v) is 12.9. The van der Waals surface area contributed by atoms with Gasteiger partial charge in [0.25, 0.3) is 5.91 Å². The summed E-state index contributed by atoms with van der Waals surface area (Å²) in [6, 6.07) is 7.66. The zero-order chi connectivity index (χ0) is 26.2. The third-order valence-corrected chi connectivity index (χ3v) is 6.64. The molecule has 0 fully saturated rings. The molecular weight excluding hydrogens is 526 g/mol. The molecule has 1 amide bonds. The molecule has 0 unspecified atom stereocenters. The van der Waals surface area contributed by atoms with Crippen LogP contribution in [0, 0.1) is 5.82 Å². The Hall–Kier alpha value is -2.94. The van der Waals surface area contributed by atoms with Crippen molar-refractivity contribution in [3.8, 4) is 17.0 Å². The predicted octanol–water partition coefficient (Wildman–Crippen LogP) is 7.96. The summed E-state index contributed by atoms with van der Waals surface area (Å²) in [5, 5.41) is 13.9. The van der Waals surface area contributed by atoms with Crippen molar-refractivity contribution in [3.05, 3.63) is 68.3 Å². The Morgan fingerprint density at radius 3 is 2.58 bits per heavy atom. The summed E-state index contributed by atoms with van der Waals surface area (Å²) >= 11 is 13.6. The Morgan fingerprint density at radius 2 is 1.92 bits per heavy atom. The number of carbonyl (C=O) groups excluding carboxylic acids is 1. The highest BCUT2D eigenvalue weighted by Crippen LogP contribution is 2.33. The topological polar surface area (TPSA) is 88.5 Å². The molecule has 10 heteroatoms. The van der Waals surface area contributed by atoms with Gasteiger partial charge in [0.15, 0.2) is 16.7 Å². The second kappa shape index (κ2) is 12.9. The van der Waals surface area contributed by atoms with Gasteiger partial charge in [0.05, 0.1) is 22.3 Å². The zero-order valence-electron chi connectivity index (χ0n) is 19.7. The molecule has 36 heavy (non-hydrogen) atoms. The molecule has 2 N–H and O–H groups in total. The van der Waals surface area contributed by atoms with Crippen molar-refractivity contribution in [2.45, 2.75) is 39.5 Å². The quantitative estimate of drug-likeness (QED) is 0.187. The van der Waals surface area contributed by atoms with E-state index in [9.17, 15) is 9.59 Å². The Balaban J connectivity index is 1.73. The summed E-state index contributed by atoms with van der Waals surface area (Å²) < 4.78 is 20.6. The number of carboxylic acids is 1. The molecule has 1 aromatic heterocycles. The van der Waals surface area contributed by atoms with E-state index in [1.54, 1.807) is 23.6 Å². The van der Waals surface area contributed by atoms with Crippen LogP contribution in [0.5, 0.6) is 5.75 Å². The monoisotopic (exact) mass is 550 g/mol. The summed E-state index contributed by atoms with van der Waals surface area (Å²) in [5.74, 6) is -1.96. The number of carbonyl (C=O) groups is 2. The van der Waals surface area contributed by atoms with Gasteiger partial charge in [-0.2, -0.15) is 0 Å². The molecule has 0 atom stereocenters. The molecule has 0 saturated carbocycles. The number of benzene rings is 2. The largest absolute Gasteiger partial charge is 0.490 e. The maximum Gasteiger partial charge on any atom is 0.331 e. The van der Waals surface area contributed by atoms with E-state index in [1.165, 1.54) is 25.1 Å². The van der Waals surface area contributed by atoms with Crippen LogP contribution >= 0.6 is 34.5 Å². The van der Waals surface area contributed by atoms with E-state index in [1.807, 2.05) is 0 Å². The highest BCUT2D eigenvalue weighted by Gasteiger charge is 2.17. The van der Waals surface area contributed by atoms with Gasteiger partial charge in [-0.15, -0.1) is 11.3 Å². The number of halogens is 3. The summed E-state index contributed by atoms with van der Waals surface area (Å²) in [6.45, 7) is 3.97. The molecular formula is C26H25Cl2FN2O4S. The molecule has 0 radical (unpaired) electrons. The molecule has 2 aromatic carbocycles. The molecule has 0 spiro atoms. The van der Waals surface area contributed by atoms with Crippen LogP contribution in [0.25, 0.3) is 17.3 Å². The number of carboxylic acid groups (broad SMARTS) is 1. The molecule has 3 rings (SSSR count). The number of aromatic nitrogens is 1. The standard InChI is InChI=1S/C26H25Cl2FN2O4S/c1-3-4-5-6-10-35-22-9-7-8-17(23(22)29)21-14-36-26(30-21)31-24(32)16-12-19(27)18(20(28)13-16)11-15(2)25(33)34/h7-9,11-14H,3-6,10H2,1-2H3,(H,33,34)(H,30,31,32)/b15-11+. The minimum absolute atomic E-state index is 0.0458. The van der Waals surface area contributed by atoms with Gasteiger partial charge in [-0.25, -0.2) is 14.2 Å². The van der Waals surface area contributed by atoms with Crippen LogP contribution in [0.15, 0.2) is 41.3 Å². The van der Waals surface area contributed by atoms with Crippen molar-refractivity contribution in [1.82, 2.24) is 4.98 Å². The molecule has 0 aliphatic rings. The van der Waals surface area contributed by atoms with Crippen molar-refractivity contribution in [2.24, 2.45) is 0 Å². The fourth-order valence-corrected chi connectivity index (χ4v) is 4.59. The Kier molecular flexibility index (Phi) is 9.87. The third kappa shape index (κ3) is 7.06. The fourth-order valence-electron chi connectivity index (χ4n) is 3.29. The maximum absolute atomic E-state index is 15.0. The molecule has 0 aliphatic carbocycles. The number of rotatable bonds is 11. The van der Waals surface area contributed by atoms with Crippen LogP contribution < -0.4 is 10.1 Å². The number of hydrogen-bond acceptors (Lipinski definition) is 5. The van der Waals surface area contributed by atoms with Crippen molar-refractivity contribution >= 4 is 57.6 Å². The molecule has 3 aromatic rings. The van der Waals surface area contributed by atoms with Crippen molar-refractivity contribution in [3.63, 3.8) is 0 Å². The highest BCUT2D eigenvalue weighted by molar-refractivity contribution is 7.14. The molecule has 1 heterocycles. The number of hydrogen-bond donors (Lipinski definition) is 2. The van der Waals surface area contributed by atoms with Crippen LogP contribution in [0.2, 0.25) is 10.0 Å². The van der Waals surface area contributed by atoms with Crippen LogP contribution in [-0.4, -0.2) is 28.6 Å². The van der Waals surface area contributed by atoms with Gasteiger partial charge in [-0.3, -0.25) is 10.1 Å². The van der Waals surface area contributed by atoms with E-state index < -0.39 is 17.7 Å². The molecule has 190 valence electrons. The first-order valence-electron chi connectivity index (χ1n) is 11.3. The Bertz CT molecular complexity index is 1270. The molecule has 0 bridgehead atoms. The zero-order valence-corrected chi connectivity index (χ0v) is 22.1. The van der Waals surface area contributed by atoms with E-state index in [2.05, 4.69) is 17.2 Å². The minimum atomic E-state index is -1.11. The first kappa shape index (κ1) is 27.6. The first-order chi connectivity index (χ1) is 17.2. The van der Waals surface area contributed by atoms with Crippen molar-refractivity contribution in [1.29, 1.82) is 0 Å². The lowest BCUT2D eigenvalue weighted by molar-refractivity contribution is -0.132. The van der Waals surface area contributed by atoms with Crippen molar-refractivity contribution < 1.29 is 23.8 Å². The number of unbranched alkanes of at least 4 members (excludes halogenated alkanes) is 3. The smallest absolute Gasteiger partial charge is 0.331 e. The number of nitrogens with one attached hydrogen (secondary N) is 1. The van der Waals surface area contributed by atoms with E-state index in [0.29, 0.717) is 17.9 Å². The van der Waals surface area contributed by atoms with Gasteiger partial charge < -0.3 is 9.84 Å². The second-order valence-corrected chi connectivity index (χ2v) is 9.68. The van der Waals surface area contributed by atoms with Gasteiger partial charge >= 0.3 is 5.97 Å². The second-order valence-electron chi connectivity index (χ2n) is 8.00. The lowest BCUT2D eigenvalue weighted by atomic mass is 10.1. The lowest BCUT2D eigenvalue weighted by Gasteiger charge is -2.09. The summed E-state index contributed by atoms with van der Waals surface area (Å²) in [4.78, 5) is 28.2. The van der Waals surface area contributed by atoms with Gasteiger partial charge in [0.2, 0.25) is 0 Å². The number of aliphatic carboxylic acids is 1. The highest BCUT2D eigenvalue weighted by atomic mass is 35.5. The third-order valence-electron chi connectivity index (χ3n) is 5.26. The Morgan fingerprint density at radius 1 is 1.19 bits per heavy atom. The van der Waals surface area contributed by atoms with E-state index in [4.69, 9.17) is 33.0 Å². The van der Waals surface area contributed by atoms with Crippen LogP contribution in [0.1, 0.15) is 55.5 Å². The van der Waals surface area contributed by atoms with E-state index in [-0.39, 0.29) is 37.6 Å². The summed E-state index contributed by atoms with van der Waals surface area (Å²) in [6.07, 6.45) is 5.45. The number of nitrogens with zero attached hydrogens (tertiary/aromatic N) is 1. The molecule has 0 saturated heterocycles. The number of anilines is 1. The van der Waals surface area contributed by atoms with E-state index >= 15 is 4.39 Å². The average Bonchev–Trinajstić information content (AvgIpc) is 3.29. The fraction of sp³-hybridized carbons (Fsp3) is 0.269. The molecule has 6 nitrogen and oxygen atoms in total. The average molecular weight is 551 g/mol. The van der Waals surface area contributed by atoms with Gasteiger partial charge in [0, 0.05) is 27.6 Å². The SMILES string of the molecule is CCCCCCOc1cccc(-c2csc(NC(=O)c3cc(Cl)c(/C=C(\C)C(=O)O)c(Cl)c3)n2)c1F. The minimum Gasteiger partial charge on any atom is -0.490 e. The normalized spacial score (nSPS) is 11.4. The van der Waals surface area contributed by atoms with Crippen LogP contribution in [0.3, 0.4) is 0 Å². The Labute approximate surface area is 222 Å². The number of amides is 1. The maximum atomic E-state index is 15.0. The molecule has 0 aliphatic heterocycles. The van der Waals surface area contributed by atoms with Gasteiger partial charge in [-0.05, 0) is 43.7 Å². The number of ether oxygens (including phenoxy) is 1.